The third-order valence-corrected chi connectivity index (χ3v) is 5.89. The standard InChI is InChI=1S/C24H30ClNO2/c1-26(2)17-21-8-5-7-20(14-18-10-12-22(25)13-11-18)24(21,27)16-19-6-4-9-23(15-19)28-3/h4,6,9-15,21,27H,5,7-8,16-17H2,1-3H3. The van der Waals surface area contributed by atoms with Crippen LogP contribution in [0.5, 0.6) is 5.75 Å². The summed E-state index contributed by atoms with van der Waals surface area (Å²) in [4.78, 5) is 2.17. The normalized spacial score (nSPS) is 23.9. The molecule has 2 aromatic carbocycles. The summed E-state index contributed by atoms with van der Waals surface area (Å²) in [5.74, 6) is 1.00. The molecule has 1 saturated carbocycles. The van der Waals surface area contributed by atoms with Crippen molar-refractivity contribution in [3.05, 3.63) is 70.3 Å². The van der Waals surface area contributed by atoms with E-state index in [1.807, 2.05) is 42.5 Å². The number of benzene rings is 2. The Hall–Kier alpha value is -1.81. The van der Waals surface area contributed by atoms with E-state index >= 15 is 0 Å². The highest BCUT2D eigenvalue weighted by Crippen LogP contribution is 2.42. The first-order chi connectivity index (χ1) is 13.4. The Morgan fingerprint density at radius 1 is 1.21 bits per heavy atom. The second kappa shape index (κ2) is 9.13. The SMILES string of the molecule is COc1cccc(CC2(O)C(=Cc3ccc(Cl)cc3)CCCC2CN(C)C)c1. The Kier molecular flexibility index (Phi) is 6.82. The highest BCUT2D eigenvalue weighted by atomic mass is 35.5. The van der Waals surface area contributed by atoms with E-state index in [1.165, 1.54) is 0 Å². The molecule has 1 aliphatic carbocycles. The van der Waals surface area contributed by atoms with Crippen molar-refractivity contribution in [2.45, 2.75) is 31.3 Å². The number of ether oxygens (including phenoxy) is 1. The number of rotatable bonds is 6. The van der Waals surface area contributed by atoms with Gasteiger partial charge in [-0.3, -0.25) is 0 Å². The number of hydrogen-bond acceptors (Lipinski definition) is 3. The zero-order valence-electron chi connectivity index (χ0n) is 17.0. The lowest BCUT2D eigenvalue weighted by molar-refractivity contribution is -0.0123. The van der Waals surface area contributed by atoms with Crippen molar-refractivity contribution in [2.75, 3.05) is 27.7 Å². The van der Waals surface area contributed by atoms with E-state index in [0.717, 1.165) is 53.3 Å². The summed E-state index contributed by atoms with van der Waals surface area (Å²) in [7, 11) is 5.82. The average molecular weight is 400 g/mol. The van der Waals surface area contributed by atoms with Gasteiger partial charge in [0.15, 0.2) is 0 Å². The van der Waals surface area contributed by atoms with Gasteiger partial charge in [-0.25, -0.2) is 0 Å². The fourth-order valence-corrected chi connectivity index (χ4v) is 4.37. The molecule has 1 N–H and O–H groups in total. The highest BCUT2D eigenvalue weighted by molar-refractivity contribution is 6.30. The third-order valence-electron chi connectivity index (χ3n) is 5.63. The molecule has 0 bridgehead atoms. The predicted octanol–water partition coefficient (Wildman–Crippen LogP) is 5.07. The van der Waals surface area contributed by atoms with Gasteiger partial charge in [-0.15, -0.1) is 0 Å². The molecule has 2 aromatic rings. The fraction of sp³-hybridized carbons (Fsp3) is 0.417. The molecule has 1 fully saturated rings. The molecule has 2 atom stereocenters. The molecule has 0 aliphatic heterocycles. The van der Waals surface area contributed by atoms with Gasteiger partial charge in [0, 0.05) is 23.9 Å². The van der Waals surface area contributed by atoms with E-state index in [2.05, 4.69) is 31.1 Å². The van der Waals surface area contributed by atoms with Crippen LogP contribution in [0.3, 0.4) is 0 Å². The molecular weight excluding hydrogens is 370 g/mol. The van der Waals surface area contributed by atoms with Gasteiger partial charge in [0.2, 0.25) is 0 Å². The quantitative estimate of drug-likeness (QED) is 0.736. The highest BCUT2D eigenvalue weighted by Gasteiger charge is 2.42. The summed E-state index contributed by atoms with van der Waals surface area (Å²) < 4.78 is 5.39. The number of hydrogen-bond donors (Lipinski definition) is 1. The minimum Gasteiger partial charge on any atom is -0.497 e. The summed E-state index contributed by atoms with van der Waals surface area (Å²) in [5.41, 5.74) is 2.40. The van der Waals surface area contributed by atoms with Crippen molar-refractivity contribution < 1.29 is 9.84 Å². The number of nitrogens with zero attached hydrogens (tertiary/aromatic N) is 1. The number of halogens is 1. The van der Waals surface area contributed by atoms with Crippen LogP contribution in [-0.2, 0) is 6.42 Å². The van der Waals surface area contributed by atoms with E-state index in [-0.39, 0.29) is 5.92 Å². The minimum absolute atomic E-state index is 0.181. The molecule has 0 amide bonds. The molecule has 3 rings (SSSR count). The van der Waals surface area contributed by atoms with Crippen molar-refractivity contribution in [3.63, 3.8) is 0 Å². The Labute approximate surface area is 173 Å². The van der Waals surface area contributed by atoms with Crippen LogP contribution in [0, 0.1) is 5.92 Å². The molecular formula is C24H30ClNO2. The second-order valence-corrected chi connectivity index (χ2v) is 8.46. The molecule has 0 radical (unpaired) electrons. The minimum atomic E-state index is -0.880. The summed E-state index contributed by atoms with van der Waals surface area (Å²) in [6.07, 6.45) is 5.77. The van der Waals surface area contributed by atoms with Gasteiger partial charge in [0.05, 0.1) is 12.7 Å². The lowest BCUT2D eigenvalue weighted by atomic mass is 9.68. The van der Waals surface area contributed by atoms with E-state index in [9.17, 15) is 5.11 Å². The van der Waals surface area contributed by atoms with Gasteiger partial charge in [0.25, 0.3) is 0 Å². The van der Waals surface area contributed by atoms with Gasteiger partial charge >= 0.3 is 0 Å². The predicted molar refractivity (Wildman–Crippen MR) is 117 cm³/mol. The van der Waals surface area contributed by atoms with E-state index in [1.54, 1.807) is 7.11 Å². The van der Waals surface area contributed by atoms with Crippen molar-refractivity contribution in [1.29, 1.82) is 0 Å². The van der Waals surface area contributed by atoms with Crippen LogP contribution in [-0.4, -0.2) is 43.4 Å². The Bertz CT molecular complexity index is 816. The van der Waals surface area contributed by atoms with Crippen LogP contribution < -0.4 is 4.74 Å². The largest absolute Gasteiger partial charge is 0.497 e. The zero-order chi connectivity index (χ0) is 20.1. The maximum atomic E-state index is 12.0. The third kappa shape index (κ3) is 4.96. The molecule has 4 heteroatoms. The van der Waals surface area contributed by atoms with Gasteiger partial charge in [0.1, 0.15) is 5.75 Å². The molecule has 150 valence electrons. The smallest absolute Gasteiger partial charge is 0.119 e. The lowest BCUT2D eigenvalue weighted by Crippen LogP contribution is -2.48. The van der Waals surface area contributed by atoms with Crippen LogP contribution in [0.25, 0.3) is 6.08 Å². The fourth-order valence-electron chi connectivity index (χ4n) is 4.25. The van der Waals surface area contributed by atoms with Crippen molar-refractivity contribution >= 4 is 17.7 Å². The van der Waals surface area contributed by atoms with Crippen molar-refractivity contribution in [3.8, 4) is 5.75 Å². The molecule has 0 heterocycles. The molecule has 0 saturated heterocycles. The number of aliphatic hydroxyl groups is 1. The Balaban J connectivity index is 1.99. The molecule has 1 aliphatic rings. The van der Waals surface area contributed by atoms with E-state index < -0.39 is 5.60 Å². The summed E-state index contributed by atoms with van der Waals surface area (Å²) >= 11 is 6.04. The summed E-state index contributed by atoms with van der Waals surface area (Å²) in [5, 5.41) is 12.7. The van der Waals surface area contributed by atoms with Gasteiger partial charge in [-0.2, -0.15) is 0 Å². The molecule has 3 nitrogen and oxygen atoms in total. The lowest BCUT2D eigenvalue weighted by Gasteiger charge is -2.43. The molecule has 28 heavy (non-hydrogen) atoms. The Morgan fingerprint density at radius 3 is 2.64 bits per heavy atom. The van der Waals surface area contributed by atoms with Crippen LogP contribution in [0.4, 0.5) is 0 Å². The number of methoxy groups -OCH3 is 1. The Morgan fingerprint density at radius 2 is 1.96 bits per heavy atom. The van der Waals surface area contributed by atoms with Crippen LogP contribution in [0.1, 0.15) is 30.4 Å². The summed E-state index contributed by atoms with van der Waals surface area (Å²) in [6, 6.07) is 15.8. The van der Waals surface area contributed by atoms with Gasteiger partial charge < -0.3 is 14.7 Å². The van der Waals surface area contributed by atoms with Crippen molar-refractivity contribution in [1.82, 2.24) is 4.90 Å². The van der Waals surface area contributed by atoms with Crippen LogP contribution >= 0.6 is 11.6 Å². The molecule has 2 unspecified atom stereocenters. The van der Waals surface area contributed by atoms with E-state index in [0.29, 0.717) is 6.42 Å². The maximum absolute atomic E-state index is 12.0. The zero-order valence-corrected chi connectivity index (χ0v) is 17.7. The maximum Gasteiger partial charge on any atom is 0.119 e. The van der Waals surface area contributed by atoms with Crippen LogP contribution in [0.2, 0.25) is 5.02 Å². The first-order valence-corrected chi connectivity index (χ1v) is 10.2. The monoisotopic (exact) mass is 399 g/mol. The van der Waals surface area contributed by atoms with E-state index in [4.69, 9.17) is 16.3 Å². The topological polar surface area (TPSA) is 32.7 Å². The van der Waals surface area contributed by atoms with Gasteiger partial charge in [-0.05, 0) is 74.3 Å². The first-order valence-electron chi connectivity index (χ1n) is 9.87. The van der Waals surface area contributed by atoms with Gasteiger partial charge in [-0.1, -0.05) is 41.9 Å². The molecule has 0 aromatic heterocycles. The molecule has 0 spiro atoms. The van der Waals surface area contributed by atoms with Crippen molar-refractivity contribution in [2.24, 2.45) is 5.92 Å². The average Bonchev–Trinajstić information content (AvgIpc) is 2.67. The first kappa shape index (κ1) is 20.9. The second-order valence-electron chi connectivity index (χ2n) is 8.03. The van der Waals surface area contributed by atoms with Crippen LogP contribution in [0.15, 0.2) is 54.1 Å². The summed E-state index contributed by atoms with van der Waals surface area (Å²) in [6.45, 7) is 0.860.